The van der Waals surface area contributed by atoms with E-state index in [4.69, 9.17) is 9.47 Å². The van der Waals surface area contributed by atoms with Crippen molar-refractivity contribution in [3.8, 4) is 57.1 Å². The molecule has 76 heavy (non-hydrogen) atoms. The maximum Gasteiger partial charge on any atom is 0.269 e. The van der Waals surface area contributed by atoms with E-state index in [0.29, 0.717) is 34.4 Å². The third-order valence-electron chi connectivity index (χ3n) is 15.5. The van der Waals surface area contributed by atoms with Gasteiger partial charge < -0.3 is 19.3 Å². The van der Waals surface area contributed by atoms with Crippen LogP contribution in [0.1, 0.15) is 93.9 Å². The van der Waals surface area contributed by atoms with Gasteiger partial charge in [0.25, 0.3) is 12.7 Å². The molecule has 0 unspecified atom stereocenters. The van der Waals surface area contributed by atoms with Gasteiger partial charge in [-0.15, -0.1) is 0 Å². The zero-order chi connectivity index (χ0) is 52.4. The molecule has 0 saturated carbocycles. The number of hydrogen-bond donors (Lipinski definition) is 0. The van der Waals surface area contributed by atoms with Gasteiger partial charge in [0.15, 0.2) is 0 Å². The largest absolute Gasteiger partial charge is 0.456 e. The predicted molar refractivity (Wildman–Crippen MR) is 299 cm³/mol. The lowest BCUT2D eigenvalue weighted by atomic mass is 9.79. The first-order chi connectivity index (χ1) is 36.6. The van der Waals surface area contributed by atoms with Crippen LogP contribution in [-0.4, -0.2) is 51.2 Å². The van der Waals surface area contributed by atoms with E-state index in [9.17, 15) is 0 Å². The summed E-state index contributed by atoms with van der Waals surface area (Å²) in [7, 11) is 0. The molecule has 4 aromatic carbocycles. The first kappa shape index (κ1) is 48.6. The number of ether oxygens (including phenoxy) is 2. The number of fused-ring (bicyclic) bond motifs is 2. The molecule has 0 aliphatic carbocycles. The van der Waals surface area contributed by atoms with Crippen molar-refractivity contribution in [2.75, 3.05) is 9.80 Å². The monoisotopic (exact) mass is 1000 g/mol. The zero-order valence-corrected chi connectivity index (χ0v) is 44.7. The Kier molecular flexibility index (Phi) is 12.0. The molecule has 0 amide bonds. The molecule has 0 radical (unpaired) electrons. The summed E-state index contributed by atoms with van der Waals surface area (Å²) < 4.78 is 21.2. The Morgan fingerprint density at radius 2 is 0.789 bits per heavy atom. The number of rotatable bonds is 11. The van der Waals surface area contributed by atoms with Gasteiger partial charge in [-0.25, -0.2) is 0 Å². The number of anilines is 2. The fourth-order valence-electron chi connectivity index (χ4n) is 12.5. The van der Waals surface area contributed by atoms with E-state index in [1.54, 1.807) is 24.8 Å². The number of aromatic nitrogens is 8. The van der Waals surface area contributed by atoms with Crippen LogP contribution in [0.15, 0.2) is 171 Å². The minimum atomic E-state index is 0.0732. The number of piperidine rings is 2. The second-order valence-electron chi connectivity index (χ2n) is 22.9. The fraction of sp³-hybridized carbons (Fsp3) is 0.281. The molecule has 0 spiro atoms. The molecule has 382 valence electrons. The SMILES string of the molecule is CC1(C)CCCC(C)(C)N1c1ccc(-n2[c-][n+](-c3cncc(Oc4ccnc(-c5cc(Oc6cncc(-[n+]7[c-]n(-c8ccc(N9C(C)(C)CCCC9(C)C)cc8)c8ccccc87)c6)ccn5)c4)c3)c3ccccc32)cc1. The van der Waals surface area contributed by atoms with E-state index in [-0.39, 0.29) is 22.2 Å². The third-order valence-corrected chi connectivity index (χ3v) is 15.5. The number of imidazole rings is 2. The van der Waals surface area contributed by atoms with Crippen molar-refractivity contribution in [2.24, 2.45) is 0 Å². The summed E-state index contributed by atoms with van der Waals surface area (Å²) in [5, 5.41) is 0. The van der Waals surface area contributed by atoms with Crippen molar-refractivity contribution in [3.05, 3.63) is 183 Å². The summed E-state index contributed by atoms with van der Waals surface area (Å²) in [6.45, 7) is 18.9. The molecule has 12 rings (SSSR count). The van der Waals surface area contributed by atoms with Gasteiger partial charge in [-0.1, -0.05) is 48.5 Å². The highest BCUT2D eigenvalue weighted by Gasteiger charge is 2.42. The molecule has 0 atom stereocenters. The van der Waals surface area contributed by atoms with Crippen LogP contribution in [0.2, 0.25) is 0 Å². The number of benzene rings is 4. The Bertz CT molecular complexity index is 3480. The van der Waals surface area contributed by atoms with Gasteiger partial charge in [0.1, 0.15) is 23.0 Å². The Labute approximate surface area is 445 Å². The van der Waals surface area contributed by atoms with Crippen LogP contribution < -0.4 is 28.4 Å². The Morgan fingerprint density at radius 3 is 1.18 bits per heavy atom. The molecular formula is C64H64N10O2. The zero-order valence-electron chi connectivity index (χ0n) is 44.7. The molecule has 10 aromatic rings. The van der Waals surface area contributed by atoms with Gasteiger partial charge in [-0.05, 0) is 167 Å². The summed E-state index contributed by atoms with van der Waals surface area (Å²) in [6, 6.07) is 45.8. The second-order valence-corrected chi connectivity index (χ2v) is 22.9. The number of para-hydroxylation sites is 4. The lowest BCUT2D eigenvalue weighted by Gasteiger charge is -2.54. The molecule has 6 aromatic heterocycles. The minimum absolute atomic E-state index is 0.0732. The van der Waals surface area contributed by atoms with E-state index in [1.807, 2.05) is 70.1 Å². The third kappa shape index (κ3) is 9.09. The number of hydrogen-bond acceptors (Lipinski definition) is 8. The first-order valence-corrected chi connectivity index (χ1v) is 26.5. The summed E-state index contributed by atoms with van der Waals surface area (Å²) >= 11 is 0. The van der Waals surface area contributed by atoms with E-state index in [0.717, 1.165) is 44.8 Å². The van der Waals surface area contributed by atoms with Gasteiger partial charge in [0.05, 0.1) is 68.6 Å². The average molecular weight is 1010 g/mol. The molecule has 2 aliphatic rings. The van der Waals surface area contributed by atoms with E-state index in [2.05, 4.69) is 192 Å². The number of nitrogens with zero attached hydrogens (tertiary/aromatic N) is 10. The van der Waals surface area contributed by atoms with Crippen LogP contribution in [-0.2, 0) is 0 Å². The molecule has 2 fully saturated rings. The van der Waals surface area contributed by atoms with E-state index >= 15 is 0 Å². The highest BCUT2D eigenvalue weighted by atomic mass is 16.5. The van der Waals surface area contributed by atoms with E-state index in [1.165, 1.54) is 49.9 Å². The van der Waals surface area contributed by atoms with Gasteiger partial charge in [0.2, 0.25) is 0 Å². The van der Waals surface area contributed by atoms with Gasteiger partial charge in [-0.3, -0.25) is 38.2 Å². The van der Waals surface area contributed by atoms with Crippen LogP contribution >= 0.6 is 0 Å². The van der Waals surface area contributed by atoms with Crippen LogP contribution in [0.3, 0.4) is 0 Å². The van der Waals surface area contributed by atoms with Crippen molar-refractivity contribution < 1.29 is 18.6 Å². The molecule has 8 heterocycles. The molecule has 12 heteroatoms. The first-order valence-electron chi connectivity index (χ1n) is 26.5. The lowest BCUT2D eigenvalue weighted by Crippen LogP contribution is -2.59. The predicted octanol–water partition coefficient (Wildman–Crippen LogP) is 13.7. The van der Waals surface area contributed by atoms with Crippen LogP contribution in [0, 0.1) is 12.7 Å². The molecule has 0 bridgehead atoms. The highest BCUT2D eigenvalue weighted by molar-refractivity contribution is 5.76. The summed E-state index contributed by atoms with van der Waals surface area (Å²) in [5.41, 5.74) is 11.7. The molecule has 2 saturated heterocycles. The van der Waals surface area contributed by atoms with E-state index < -0.39 is 0 Å². The van der Waals surface area contributed by atoms with Gasteiger partial charge >= 0.3 is 0 Å². The van der Waals surface area contributed by atoms with Crippen molar-refractivity contribution in [1.82, 2.24) is 29.1 Å². The smallest absolute Gasteiger partial charge is 0.269 e. The van der Waals surface area contributed by atoms with Gasteiger partial charge in [-0.2, -0.15) is 0 Å². The van der Waals surface area contributed by atoms with Crippen molar-refractivity contribution in [2.45, 2.75) is 116 Å². The van der Waals surface area contributed by atoms with Crippen molar-refractivity contribution >= 4 is 33.4 Å². The maximum absolute atomic E-state index is 6.48. The standard InChI is InChI=1S/C64H64N10O2/c1-61(2)29-13-30-62(3,4)73(61)47-23-19-45(20-24-47)69-43-71(59-17-11-9-15-57(59)69)49-35-53(41-65-39-49)75-51-27-33-67-55(37-51)56-38-52(28-34-68-56)76-54-36-50(40-66-42-54)72-44-70(58-16-10-12-18-60(58)72)46-21-25-48(26-22-46)74-63(5,6)31-14-32-64(74,7)8/h9-12,15-28,33-42H,13-14,29-32H2,1-8H3. The van der Waals surface area contributed by atoms with Crippen molar-refractivity contribution in [3.63, 3.8) is 0 Å². The lowest BCUT2D eigenvalue weighted by molar-refractivity contribution is -0.573. The van der Waals surface area contributed by atoms with Crippen LogP contribution in [0.25, 0.3) is 56.2 Å². The molecule has 12 nitrogen and oxygen atoms in total. The highest BCUT2D eigenvalue weighted by Crippen LogP contribution is 2.44. The van der Waals surface area contributed by atoms with Crippen molar-refractivity contribution in [1.29, 1.82) is 0 Å². The number of pyridine rings is 4. The topological polar surface area (TPSA) is 94.1 Å². The Balaban J connectivity index is 0.766. The van der Waals surface area contributed by atoms with Crippen LogP contribution in [0.4, 0.5) is 11.4 Å². The second kappa shape index (κ2) is 18.8. The van der Waals surface area contributed by atoms with Crippen LogP contribution in [0.5, 0.6) is 23.0 Å². The summed E-state index contributed by atoms with van der Waals surface area (Å²) in [5.74, 6) is 2.31. The maximum atomic E-state index is 6.48. The molecule has 2 aliphatic heterocycles. The van der Waals surface area contributed by atoms with Gasteiger partial charge in [0, 0.05) is 70.5 Å². The average Bonchev–Trinajstić information content (AvgIpc) is 4.08. The summed E-state index contributed by atoms with van der Waals surface area (Å²) in [4.78, 5) is 23.8. The molecule has 0 N–H and O–H groups in total. The Hall–Kier alpha value is -8.38. The summed E-state index contributed by atoms with van der Waals surface area (Å²) in [6.07, 6.45) is 24.9. The molecular weight excluding hydrogens is 941 g/mol. The fourth-order valence-corrected chi connectivity index (χ4v) is 12.5. The quantitative estimate of drug-likeness (QED) is 0.0934. The normalized spacial score (nSPS) is 16.7. The Morgan fingerprint density at radius 1 is 0.421 bits per heavy atom. The minimum Gasteiger partial charge on any atom is -0.456 e.